The molecule has 32 heavy (non-hydrogen) atoms. The first-order chi connectivity index (χ1) is 15.7. The summed E-state index contributed by atoms with van der Waals surface area (Å²) in [5.74, 6) is 0.288. The molecule has 4 nitrogen and oxygen atoms in total. The monoisotopic (exact) mass is 416 g/mol. The van der Waals surface area contributed by atoms with Crippen molar-refractivity contribution >= 4 is 34.4 Å². The second kappa shape index (κ2) is 8.36. The maximum absolute atomic E-state index is 11.3. The summed E-state index contributed by atoms with van der Waals surface area (Å²) in [5, 5.41) is 13.9. The van der Waals surface area contributed by atoms with E-state index < -0.39 is 0 Å². The lowest BCUT2D eigenvalue weighted by atomic mass is 10.1. The summed E-state index contributed by atoms with van der Waals surface area (Å²) >= 11 is 0. The molecule has 2 heterocycles. The number of para-hydroxylation sites is 2. The topological polar surface area (TPSA) is 62.2 Å². The zero-order valence-corrected chi connectivity index (χ0v) is 17.2. The summed E-state index contributed by atoms with van der Waals surface area (Å²) in [7, 11) is 0. The molecule has 2 aliphatic heterocycles. The van der Waals surface area contributed by atoms with E-state index in [4.69, 9.17) is 0 Å². The van der Waals surface area contributed by atoms with Crippen molar-refractivity contribution in [1.82, 2.24) is 4.98 Å². The van der Waals surface area contributed by atoms with Crippen molar-refractivity contribution in [3.63, 3.8) is 0 Å². The van der Waals surface area contributed by atoms with E-state index in [0.717, 1.165) is 44.7 Å². The first-order valence-electron chi connectivity index (χ1n) is 10.3. The van der Waals surface area contributed by atoms with E-state index in [9.17, 15) is 9.90 Å². The van der Waals surface area contributed by atoms with E-state index in [0.29, 0.717) is 0 Å². The fraction of sp³-hybridized carbons (Fsp3) is 0. The number of hydrogen-bond donors (Lipinski definition) is 2. The third kappa shape index (κ3) is 4.07. The lowest BCUT2D eigenvalue weighted by molar-refractivity contribution is 0.475. The average Bonchev–Trinajstić information content (AvgIpc) is 3.11. The van der Waals surface area contributed by atoms with E-state index in [1.165, 1.54) is 0 Å². The van der Waals surface area contributed by atoms with Crippen LogP contribution in [0.5, 0.6) is 5.75 Å². The van der Waals surface area contributed by atoms with E-state index in [1.54, 1.807) is 30.3 Å². The van der Waals surface area contributed by atoms with Crippen molar-refractivity contribution in [1.29, 1.82) is 0 Å². The number of aromatic hydroxyl groups is 1. The van der Waals surface area contributed by atoms with Gasteiger partial charge in [-0.2, -0.15) is 0 Å². The van der Waals surface area contributed by atoms with Crippen LogP contribution < -0.4 is 10.7 Å². The number of fused-ring (bicyclic) bond motifs is 4. The number of anilines is 2. The molecule has 0 saturated carbocycles. The van der Waals surface area contributed by atoms with Gasteiger partial charge in [0.25, 0.3) is 0 Å². The minimum absolute atomic E-state index is 0.0181. The summed E-state index contributed by atoms with van der Waals surface area (Å²) in [5.41, 5.74) is 6.93. The van der Waals surface area contributed by atoms with Gasteiger partial charge in [-0.25, -0.2) is 4.98 Å². The first kappa shape index (κ1) is 19.5. The van der Waals surface area contributed by atoms with Crippen LogP contribution >= 0.6 is 0 Å². The van der Waals surface area contributed by atoms with Crippen LogP contribution in [0.2, 0.25) is 0 Å². The van der Waals surface area contributed by atoms with Gasteiger partial charge in [0, 0.05) is 27.9 Å². The third-order valence-corrected chi connectivity index (χ3v) is 5.33. The number of rotatable bonds is 0. The minimum atomic E-state index is 0.0181. The molecule has 1 aliphatic carbocycles. The zero-order chi connectivity index (χ0) is 21.9. The molecule has 0 spiro atoms. The lowest BCUT2D eigenvalue weighted by Crippen LogP contribution is -1.96. The molecule has 0 atom stereocenters. The Bertz CT molecular complexity index is 1490. The summed E-state index contributed by atoms with van der Waals surface area (Å²) in [4.78, 5) is 15.8. The number of phenols is 1. The molecule has 3 aliphatic rings. The molecule has 0 bridgehead atoms. The standard InChI is InChI=1S/C14H11NO.C14H9NO/c2*16-12-7-8-14-11(9-12)6-5-10-3-1-2-4-13(10)15-14/h1-9,15-16H;1-9H. The van der Waals surface area contributed by atoms with Gasteiger partial charge in [-0.1, -0.05) is 60.7 Å². The molecule has 0 saturated heterocycles. The Morgan fingerprint density at radius 2 is 1.47 bits per heavy atom. The van der Waals surface area contributed by atoms with Gasteiger partial charge in [0.1, 0.15) is 5.75 Å². The molecule has 3 aromatic rings. The van der Waals surface area contributed by atoms with Gasteiger partial charge in [0.05, 0.1) is 11.2 Å². The molecular weight excluding hydrogens is 396 g/mol. The van der Waals surface area contributed by atoms with Gasteiger partial charge in [0.15, 0.2) is 5.43 Å². The van der Waals surface area contributed by atoms with Crippen molar-refractivity contribution in [2.75, 3.05) is 5.32 Å². The fourth-order valence-electron chi connectivity index (χ4n) is 3.69. The van der Waals surface area contributed by atoms with Crippen LogP contribution in [0, 0.1) is 0 Å². The van der Waals surface area contributed by atoms with Crippen LogP contribution in [0.3, 0.4) is 0 Å². The van der Waals surface area contributed by atoms with Crippen molar-refractivity contribution in [3.05, 3.63) is 118 Å². The Kier molecular flexibility index (Phi) is 5.10. The molecule has 0 radical (unpaired) electrons. The number of benzene rings is 4. The van der Waals surface area contributed by atoms with Gasteiger partial charge in [-0.15, -0.1) is 0 Å². The van der Waals surface area contributed by atoms with Crippen molar-refractivity contribution in [3.8, 4) is 17.0 Å². The highest BCUT2D eigenvalue weighted by atomic mass is 16.3. The molecule has 2 N–H and O–H groups in total. The van der Waals surface area contributed by atoms with Crippen LogP contribution in [-0.2, 0) is 0 Å². The number of nitrogens with one attached hydrogen (secondary N) is 1. The molecular formula is C28H20N2O2. The number of aromatic nitrogens is 1. The lowest BCUT2D eigenvalue weighted by Gasteiger charge is -2.09. The molecule has 6 rings (SSSR count). The van der Waals surface area contributed by atoms with Crippen LogP contribution in [0.1, 0.15) is 11.1 Å². The first-order valence-corrected chi connectivity index (χ1v) is 10.3. The summed E-state index contributed by atoms with van der Waals surface area (Å²) < 4.78 is 0. The SMILES string of the molecule is O=c1ccc2nc3ccccc3ccc-2c1.Oc1ccc2c(c1)C=Cc1ccccc1N2. The maximum atomic E-state index is 11.3. The van der Waals surface area contributed by atoms with Crippen molar-refractivity contribution in [2.24, 2.45) is 0 Å². The highest BCUT2D eigenvalue weighted by Gasteiger charge is 2.07. The normalized spacial score (nSPS) is 11.5. The number of hydrogen-bond acceptors (Lipinski definition) is 4. The summed E-state index contributed by atoms with van der Waals surface area (Å²) in [6.07, 6.45) is 4.06. The van der Waals surface area contributed by atoms with E-state index in [1.807, 2.05) is 72.8 Å². The second-order valence-corrected chi connectivity index (χ2v) is 7.54. The van der Waals surface area contributed by atoms with Gasteiger partial charge < -0.3 is 10.4 Å². The number of phenolic OH excluding ortho intramolecular Hbond substituents is 1. The quantitative estimate of drug-likeness (QED) is 0.285. The molecule has 3 aromatic carbocycles. The van der Waals surface area contributed by atoms with Gasteiger partial charge >= 0.3 is 0 Å². The third-order valence-electron chi connectivity index (χ3n) is 5.33. The average molecular weight is 416 g/mol. The predicted octanol–water partition coefficient (Wildman–Crippen LogP) is 6.32. The predicted molar refractivity (Wildman–Crippen MR) is 131 cm³/mol. The van der Waals surface area contributed by atoms with Crippen molar-refractivity contribution < 1.29 is 5.11 Å². The molecule has 4 heteroatoms. The van der Waals surface area contributed by atoms with Crippen molar-refractivity contribution in [2.45, 2.75) is 0 Å². The zero-order valence-electron chi connectivity index (χ0n) is 17.2. The van der Waals surface area contributed by atoms with Crippen LogP contribution in [0.25, 0.3) is 34.3 Å². The number of nitrogens with zero attached hydrogens (tertiary/aromatic N) is 1. The molecule has 0 fully saturated rings. The largest absolute Gasteiger partial charge is 0.508 e. The Morgan fingerprint density at radius 3 is 2.41 bits per heavy atom. The molecule has 0 unspecified atom stereocenters. The highest BCUT2D eigenvalue weighted by Crippen LogP contribution is 2.31. The summed E-state index contributed by atoms with van der Waals surface area (Å²) in [6.45, 7) is 0. The highest BCUT2D eigenvalue weighted by molar-refractivity contribution is 5.87. The molecule has 154 valence electrons. The van der Waals surface area contributed by atoms with Crippen LogP contribution in [0.15, 0.2) is 102 Å². The Morgan fingerprint density at radius 1 is 0.688 bits per heavy atom. The van der Waals surface area contributed by atoms with Gasteiger partial charge in [-0.3, -0.25) is 4.79 Å². The fourth-order valence-corrected chi connectivity index (χ4v) is 3.69. The van der Waals surface area contributed by atoms with E-state index in [-0.39, 0.29) is 11.2 Å². The molecule has 0 amide bonds. The van der Waals surface area contributed by atoms with E-state index >= 15 is 0 Å². The Labute approximate surface area is 185 Å². The Balaban J connectivity index is 0.000000135. The molecule has 0 aromatic heterocycles. The van der Waals surface area contributed by atoms with Gasteiger partial charge in [0.2, 0.25) is 0 Å². The smallest absolute Gasteiger partial charge is 0.179 e. The van der Waals surface area contributed by atoms with Crippen LogP contribution in [0.4, 0.5) is 11.4 Å². The maximum Gasteiger partial charge on any atom is 0.179 e. The minimum Gasteiger partial charge on any atom is -0.508 e. The summed E-state index contributed by atoms with van der Waals surface area (Å²) in [6, 6.07) is 30.2. The van der Waals surface area contributed by atoms with E-state index in [2.05, 4.69) is 16.4 Å². The van der Waals surface area contributed by atoms with Crippen LogP contribution in [-0.4, -0.2) is 10.1 Å². The van der Waals surface area contributed by atoms with Gasteiger partial charge in [-0.05, 0) is 54.1 Å². The Hall–Kier alpha value is -4.44. The second-order valence-electron chi connectivity index (χ2n) is 7.54.